The highest BCUT2D eigenvalue weighted by molar-refractivity contribution is 6.04. The van der Waals surface area contributed by atoms with Crippen LogP contribution in [0, 0.1) is 0 Å². The number of benzene rings is 2. The number of hydrogen-bond donors (Lipinski definition) is 0. The number of rotatable bonds is 4. The zero-order valence-electron chi connectivity index (χ0n) is 11.6. The maximum atomic E-state index is 12.3. The van der Waals surface area contributed by atoms with E-state index in [1.165, 1.54) is 5.56 Å². The van der Waals surface area contributed by atoms with Crippen LogP contribution in [-0.2, 0) is 6.42 Å². The van der Waals surface area contributed by atoms with Gasteiger partial charge in [-0.2, -0.15) is 0 Å². The second-order valence-corrected chi connectivity index (χ2v) is 5.25. The van der Waals surface area contributed by atoms with E-state index in [2.05, 4.69) is 19.1 Å². The highest BCUT2D eigenvalue weighted by atomic mass is 16.5. The van der Waals surface area contributed by atoms with E-state index in [4.69, 9.17) is 4.74 Å². The molecule has 102 valence electrons. The van der Waals surface area contributed by atoms with E-state index in [0.717, 1.165) is 36.1 Å². The molecule has 0 aromatic heterocycles. The summed E-state index contributed by atoms with van der Waals surface area (Å²) in [6.07, 6.45) is 2.32. The van der Waals surface area contributed by atoms with Gasteiger partial charge in [0.25, 0.3) is 0 Å². The topological polar surface area (TPSA) is 26.3 Å². The van der Waals surface area contributed by atoms with E-state index < -0.39 is 0 Å². The van der Waals surface area contributed by atoms with Crippen LogP contribution < -0.4 is 4.74 Å². The molecule has 2 aromatic carbocycles. The van der Waals surface area contributed by atoms with Gasteiger partial charge in [0, 0.05) is 0 Å². The third-order valence-corrected chi connectivity index (χ3v) is 3.67. The fourth-order valence-electron chi connectivity index (χ4n) is 2.65. The first-order valence-electron chi connectivity index (χ1n) is 7.15. The van der Waals surface area contributed by atoms with Gasteiger partial charge in [-0.1, -0.05) is 49.7 Å². The van der Waals surface area contributed by atoms with Crippen molar-refractivity contribution in [3.8, 4) is 5.75 Å². The smallest absolute Gasteiger partial charge is 0.207 e. The molecule has 0 aliphatic carbocycles. The van der Waals surface area contributed by atoms with Crippen LogP contribution in [0.2, 0.25) is 0 Å². The highest BCUT2D eigenvalue weighted by Crippen LogP contribution is 2.31. The van der Waals surface area contributed by atoms with Gasteiger partial charge >= 0.3 is 0 Å². The van der Waals surface area contributed by atoms with Crippen molar-refractivity contribution in [1.29, 1.82) is 0 Å². The molecule has 0 fully saturated rings. The summed E-state index contributed by atoms with van der Waals surface area (Å²) >= 11 is 0. The molecule has 0 amide bonds. The molecule has 0 saturated carbocycles. The molecule has 1 aliphatic rings. The number of carbonyl (C=O) groups excluding carboxylic acids is 1. The molecule has 2 heteroatoms. The molecule has 3 rings (SSSR count). The molecule has 1 unspecified atom stereocenters. The van der Waals surface area contributed by atoms with Crippen LogP contribution in [0.15, 0.2) is 48.5 Å². The molecule has 2 nitrogen and oxygen atoms in total. The van der Waals surface area contributed by atoms with Crippen molar-refractivity contribution in [2.75, 3.05) is 0 Å². The van der Waals surface area contributed by atoms with Gasteiger partial charge in [0.15, 0.2) is 6.10 Å². The molecular weight excluding hydrogens is 248 g/mol. The third-order valence-electron chi connectivity index (χ3n) is 3.67. The van der Waals surface area contributed by atoms with Crippen LogP contribution in [0.1, 0.15) is 41.3 Å². The minimum absolute atomic E-state index is 0.136. The summed E-state index contributed by atoms with van der Waals surface area (Å²) in [5.74, 6) is 0.877. The van der Waals surface area contributed by atoms with Gasteiger partial charge in [0.2, 0.25) is 5.78 Å². The zero-order chi connectivity index (χ0) is 13.9. The fraction of sp³-hybridized carbons (Fsp3) is 0.278. The summed E-state index contributed by atoms with van der Waals surface area (Å²) in [7, 11) is 0. The molecule has 0 radical (unpaired) electrons. The lowest BCUT2D eigenvalue weighted by Gasteiger charge is -2.06. The molecule has 1 atom stereocenters. The van der Waals surface area contributed by atoms with Gasteiger partial charge in [0.1, 0.15) is 5.75 Å². The van der Waals surface area contributed by atoms with E-state index in [1.807, 2.05) is 36.4 Å². The van der Waals surface area contributed by atoms with Crippen molar-refractivity contribution >= 4 is 5.78 Å². The molecule has 20 heavy (non-hydrogen) atoms. The predicted octanol–water partition coefficient (Wildman–Crippen LogP) is 4.02. The minimum atomic E-state index is -0.276. The predicted molar refractivity (Wildman–Crippen MR) is 79.3 cm³/mol. The van der Waals surface area contributed by atoms with Gasteiger partial charge in [-0.25, -0.2) is 0 Å². The lowest BCUT2D eigenvalue weighted by atomic mass is 9.99. The number of Topliss-reactive ketones (excluding diaryl/α,β-unsaturated/α-hetero) is 1. The Hall–Kier alpha value is -2.09. The minimum Gasteiger partial charge on any atom is -0.482 e. The van der Waals surface area contributed by atoms with Crippen molar-refractivity contribution in [3.05, 3.63) is 65.2 Å². The summed E-state index contributed by atoms with van der Waals surface area (Å²) in [6, 6.07) is 16.3. The number of ether oxygens (including phenoxy) is 1. The second kappa shape index (κ2) is 5.49. The summed E-state index contributed by atoms with van der Waals surface area (Å²) in [5.41, 5.74) is 3.16. The number of ketones is 1. The van der Waals surface area contributed by atoms with Crippen molar-refractivity contribution in [2.24, 2.45) is 0 Å². The van der Waals surface area contributed by atoms with E-state index in [-0.39, 0.29) is 11.9 Å². The average molecular weight is 266 g/mol. The Kier molecular flexibility index (Phi) is 3.55. The molecule has 0 bridgehead atoms. The molecule has 0 spiro atoms. The van der Waals surface area contributed by atoms with Gasteiger partial charge < -0.3 is 4.74 Å². The normalized spacial score (nSPS) is 16.9. The van der Waals surface area contributed by atoms with Gasteiger partial charge in [-0.15, -0.1) is 0 Å². The Bertz CT molecular complexity index is 617. The van der Waals surface area contributed by atoms with Crippen LogP contribution in [0.5, 0.6) is 5.75 Å². The Labute approximate surface area is 119 Å². The highest BCUT2D eigenvalue weighted by Gasteiger charge is 2.31. The first-order valence-corrected chi connectivity index (χ1v) is 7.15. The van der Waals surface area contributed by atoms with Crippen LogP contribution >= 0.6 is 0 Å². The van der Waals surface area contributed by atoms with Gasteiger partial charge in [-0.05, 0) is 36.1 Å². The molecule has 1 heterocycles. The monoisotopic (exact) mass is 266 g/mol. The van der Waals surface area contributed by atoms with E-state index in [9.17, 15) is 4.79 Å². The molecule has 2 aromatic rings. The average Bonchev–Trinajstić information content (AvgIpc) is 2.77. The number of carbonyl (C=O) groups is 1. The summed E-state index contributed by atoms with van der Waals surface area (Å²) < 4.78 is 5.72. The lowest BCUT2D eigenvalue weighted by molar-refractivity contribution is 0.0845. The van der Waals surface area contributed by atoms with E-state index >= 15 is 0 Å². The largest absolute Gasteiger partial charge is 0.482 e. The van der Waals surface area contributed by atoms with Crippen molar-refractivity contribution in [1.82, 2.24) is 0 Å². The lowest BCUT2D eigenvalue weighted by Crippen LogP contribution is -2.19. The Balaban J connectivity index is 1.83. The van der Waals surface area contributed by atoms with Gasteiger partial charge in [-0.3, -0.25) is 4.79 Å². The van der Waals surface area contributed by atoms with E-state index in [1.54, 1.807) is 0 Å². The zero-order valence-corrected chi connectivity index (χ0v) is 11.6. The first kappa shape index (κ1) is 12.9. The number of hydrogen-bond acceptors (Lipinski definition) is 2. The molecule has 0 saturated heterocycles. The maximum Gasteiger partial charge on any atom is 0.207 e. The summed E-state index contributed by atoms with van der Waals surface area (Å²) in [6.45, 7) is 2.07. The first-order chi connectivity index (χ1) is 9.78. The Morgan fingerprint density at radius 3 is 2.60 bits per heavy atom. The standard InChI is InChI=1S/C18H18O2/c1-2-6-17-18(19)15-12-14(9-10-16(15)20-17)11-13-7-4-3-5-8-13/h3-5,7-10,12,17H,2,6,11H2,1H3. The Morgan fingerprint density at radius 1 is 1.05 bits per heavy atom. The molecule has 1 aliphatic heterocycles. The summed E-state index contributed by atoms with van der Waals surface area (Å²) in [5, 5.41) is 0. The molecular formula is C18H18O2. The van der Waals surface area contributed by atoms with Crippen molar-refractivity contribution in [2.45, 2.75) is 32.3 Å². The number of fused-ring (bicyclic) bond motifs is 1. The quantitative estimate of drug-likeness (QED) is 0.835. The fourth-order valence-corrected chi connectivity index (χ4v) is 2.65. The van der Waals surface area contributed by atoms with Crippen LogP contribution in [-0.4, -0.2) is 11.9 Å². The van der Waals surface area contributed by atoms with Gasteiger partial charge in [0.05, 0.1) is 5.56 Å². The molecule has 0 N–H and O–H groups in total. The Morgan fingerprint density at radius 2 is 1.85 bits per heavy atom. The van der Waals surface area contributed by atoms with E-state index in [0.29, 0.717) is 0 Å². The maximum absolute atomic E-state index is 12.3. The van der Waals surface area contributed by atoms with Crippen molar-refractivity contribution in [3.63, 3.8) is 0 Å². The van der Waals surface area contributed by atoms with Crippen LogP contribution in [0.3, 0.4) is 0 Å². The summed E-state index contributed by atoms with van der Waals surface area (Å²) in [4.78, 5) is 12.3. The SMILES string of the molecule is CCCC1Oc2ccc(Cc3ccccc3)cc2C1=O. The van der Waals surface area contributed by atoms with Crippen molar-refractivity contribution < 1.29 is 9.53 Å². The third kappa shape index (κ3) is 2.46. The van der Waals surface area contributed by atoms with Crippen LogP contribution in [0.4, 0.5) is 0 Å². The van der Waals surface area contributed by atoms with Crippen LogP contribution in [0.25, 0.3) is 0 Å². The second-order valence-electron chi connectivity index (χ2n) is 5.25.